The molecular formula is C12H22N4. The second-order valence-electron chi connectivity index (χ2n) is 5.38. The molecule has 2 unspecified atom stereocenters. The third-order valence-corrected chi connectivity index (χ3v) is 3.96. The van der Waals surface area contributed by atoms with Gasteiger partial charge in [0.15, 0.2) is 0 Å². The van der Waals surface area contributed by atoms with Gasteiger partial charge in [0.05, 0.1) is 0 Å². The van der Waals surface area contributed by atoms with E-state index in [0.29, 0.717) is 0 Å². The number of nitrogens with two attached hydrogens (primary N) is 1. The molecule has 0 saturated heterocycles. The smallest absolute Gasteiger partial charge is 0.138 e. The van der Waals surface area contributed by atoms with Crippen molar-refractivity contribution in [2.75, 3.05) is 6.54 Å². The van der Waals surface area contributed by atoms with Crippen LogP contribution in [-0.2, 0) is 13.5 Å². The Labute approximate surface area is 97.2 Å². The lowest BCUT2D eigenvalue weighted by Crippen LogP contribution is -2.38. The summed E-state index contributed by atoms with van der Waals surface area (Å²) in [5.74, 6) is 1.87. The first-order valence-electron chi connectivity index (χ1n) is 6.18. The maximum Gasteiger partial charge on any atom is 0.138 e. The average molecular weight is 222 g/mol. The molecule has 4 heteroatoms. The van der Waals surface area contributed by atoms with Gasteiger partial charge in [-0.15, -0.1) is 0 Å². The molecule has 1 aromatic heterocycles. The summed E-state index contributed by atoms with van der Waals surface area (Å²) in [6.45, 7) is 3.10. The summed E-state index contributed by atoms with van der Waals surface area (Å²) in [5, 5.41) is 4.13. The Morgan fingerprint density at radius 2 is 2.44 bits per heavy atom. The lowest BCUT2D eigenvalue weighted by molar-refractivity contribution is 0.149. The largest absolute Gasteiger partial charge is 0.330 e. The van der Waals surface area contributed by atoms with Crippen molar-refractivity contribution >= 4 is 0 Å². The fourth-order valence-corrected chi connectivity index (χ4v) is 3.00. The van der Waals surface area contributed by atoms with Gasteiger partial charge in [0.2, 0.25) is 0 Å². The molecule has 1 aliphatic carbocycles. The van der Waals surface area contributed by atoms with E-state index in [-0.39, 0.29) is 5.41 Å². The number of nitrogens with zero attached hydrogens (tertiary/aromatic N) is 3. The molecule has 16 heavy (non-hydrogen) atoms. The molecule has 0 spiro atoms. The number of hydrogen-bond acceptors (Lipinski definition) is 3. The van der Waals surface area contributed by atoms with Crippen molar-refractivity contribution in [3.8, 4) is 0 Å². The van der Waals surface area contributed by atoms with E-state index in [1.807, 2.05) is 11.7 Å². The van der Waals surface area contributed by atoms with Crippen LogP contribution < -0.4 is 5.73 Å². The summed E-state index contributed by atoms with van der Waals surface area (Å²) < 4.78 is 1.87. The molecular weight excluding hydrogens is 200 g/mol. The molecule has 2 N–H and O–H groups in total. The van der Waals surface area contributed by atoms with Crippen LogP contribution in [0.2, 0.25) is 0 Å². The van der Waals surface area contributed by atoms with Crippen molar-refractivity contribution in [3.05, 3.63) is 12.2 Å². The van der Waals surface area contributed by atoms with Gasteiger partial charge in [-0.2, -0.15) is 5.10 Å². The Morgan fingerprint density at radius 3 is 3.00 bits per heavy atom. The first-order chi connectivity index (χ1) is 7.65. The maximum atomic E-state index is 6.01. The molecule has 1 aromatic rings. The van der Waals surface area contributed by atoms with Gasteiger partial charge < -0.3 is 5.73 Å². The summed E-state index contributed by atoms with van der Waals surface area (Å²) in [6.07, 6.45) is 7.73. The van der Waals surface area contributed by atoms with Crippen molar-refractivity contribution in [2.24, 2.45) is 24.1 Å². The molecule has 0 radical (unpaired) electrons. The van der Waals surface area contributed by atoms with Crippen LogP contribution in [0.4, 0.5) is 0 Å². The van der Waals surface area contributed by atoms with E-state index in [0.717, 1.165) is 24.7 Å². The molecule has 1 saturated carbocycles. The van der Waals surface area contributed by atoms with Crippen LogP contribution in [0.3, 0.4) is 0 Å². The van der Waals surface area contributed by atoms with Crippen molar-refractivity contribution in [3.63, 3.8) is 0 Å². The Bertz CT molecular complexity index is 347. The fraction of sp³-hybridized carbons (Fsp3) is 0.833. The zero-order valence-corrected chi connectivity index (χ0v) is 10.3. The lowest BCUT2D eigenvalue weighted by Gasteiger charge is -2.39. The van der Waals surface area contributed by atoms with E-state index >= 15 is 0 Å². The van der Waals surface area contributed by atoms with Gasteiger partial charge >= 0.3 is 0 Å². The van der Waals surface area contributed by atoms with Crippen LogP contribution in [0.1, 0.15) is 38.4 Å². The second kappa shape index (κ2) is 4.53. The fourth-order valence-electron chi connectivity index (χ4n) is 3.00. The lowest BCUT2D eigenvalue weighted by atomic mass is 9.68. The monoisotopic (exact) mass is 222 g/mol. The minimum atomic E-state index is 0.262. The van der Waals surface area contributed by atoms with Gasteiger partial charge in [-0.1, -0.05) is 19.8 Å². The Kier molecular flexibility index (Phi) is 3.28. The Hall–Kier alpha value is -0.900. The highest BCUT2D eigenvalue weighted by Crippen LogP contribution is 2.40. The van der Waals surface area contributed by atoms with Gasteiger partial charge in [-0.05, 0) is 30.7 Å². The first kappa shape index (κ1) is 11.6. The van der Waals surface area contributed by atoms with E-state index < -0.39 is 0 Å². The minimum Gasteiger partial charge on any atom is -0.330 e. The second-order valence-corrected chi connectivity index (χ2v) is 5.38. The molecule has 90 valence electrons. The zero-order chi connectivity index (χ0) is 11.6. The van der Waals surface area contributed by atoms with Crippen LogP contribution in [0.25, 0.3) is 0 Å². The molecule has 0 aliphatic heterocycles. The van der Waals surface area contributed by atoms with E-state index in [4.69, 9.17) is 5.73 Å². The SMILES string of the molecule is CC1CCCC(CN)(Cc2ncnn2C)C1. The highest BCUT2D eigenvalue weighted by atomic mass is 15.3. The summed E-state index contributed by atoms with van der Waals surface area (Å²) in [5.41, 5.74) is 6.27. The number of aryl methyl sites for hydroxylation is 1. The molecule has 4 nitrogen and oxygen atoms in total. The third-order valence-electron chi connectivity index (χ3n) is 3.96. The highest BCUT2D eigenvalue weighted by Gasteiger charge is 2.34. The average Bonchev–Trinajstić information content (AvgIpc) is 2.64. The summed E-state index contributed by atoms with van der Waals surface area (Å²) in [6, 6.07) is 0. The Morgan fingerprint density at radius 1 is 1.62 bits per heavy atom. The zero-order valence-electron chi connectivity index (χ0n) is 10.3. The minimum absolute atomic E-state index is 0.262. The summed E-state index contributed by atoms with van der Waals surface area (Å²) in [7, 11) is 1.96. The summed E-state index contributed by atoms with van der Waals surface area (Å²) in [4.78, 5) is 4.32. The molecule has 1 aliphatic rings. The number of hydrogen-bond donors (Lipinski definition) is 1. The first-order valence-corrected chi connectivity index (χ1v) is 6.18. The van der Waals surface area contributed by atoms with Crippen LogP contribution >= 0.6 is 0 Å². The van der Waals surface area contributed by atoms with Gasteiger partial charge in [0, 0.05) is 13.5 Å². The predicted octanol–water partition coefficient (Wildman–Crippen LogP) is 1.51. The van der Waals surface area contributed by atoms with Crippen LogP contribution in [-0.4, -0.2) is 21.3 Å². The molecule has 0 bridgehead atoms. The highest BCUT2D eigenvalue weighted by molar-refractivity contribution is 4.96. The summed E-state index contributed by atoms with van der Waals surface area (Å²) >= 11 is 0. The van der Waals surface area contributed by atoms with Crippen LogP contribution in [0.15, 0.2) is 6.33 Å². The van der Waals surface area contributed by atoms with Gasteiger partial charge in [-0.25, -0.2) is 4.98 Å². The van der Waals surface area contributed by atoms with Gasteiger partial charge in [0.25, 0.3) is 0 Å². The maximum absolute atomic E-state index is 6.01. The van der Waals surface area contributed by atoms with Crippen LogP contribution in [0, 0.1) is 11.3 Å². The Balaban J connectivity index is 2.12. The van der Waals surface area contributed by atoms with Crippen molar-refractivity contribution < 1.29 is 0 Å². The van der Waals surface area contributed by atoms with E-state index in [1.54, 1.807) is 6.33 Å². The number of rotatable bonds is 3. The van der Waals surface area contributed by atoms with E-state index in [1.165, 1.54) is 25.7 Å². The molecule has 0 amide bonds. The van der Waals surface area contributed by atoms with Crippen LogP contribution in [0.5, 0.6) is 0 Å². The quantitative estimate of drug-likeness (QED) is 0.843. The molecule has 1 heterocycles. The molecule has 2 rings (SSSR count). The molecule has 1 fully saturated rings. The predicted molar refractivity (Wildman–Crippen MR) is 63.8 cm³/mol. The normalized spacial score (nSPS) is 30.6. The van der Waals surface area contributed by atoms with Gasteiger partial charge in [0.1, 0.15) is 12.2 Å². The third kappa shape index (κ3) is 2.26. The molecule has 0 aromatic carbocycles. The van der Waals surface area contributed by atoms with E-state index in [9.17, 15) is 0 Å². The number of aromatic nitrogens is 3. The van der Waals surface area contributed by atoms with Gasteiger partial charge in [-0.3, -0.25) is 4.68 Å². The van der Waals surface area contributed by atoms with Crippen molar-refractivity contribution in [1.29, 1.82) is 0 Å². The topological polar surface area (TPSA) is 56.7 Å². The van der Waals surface area contributed by atoms with Crippen molar-refractivity contribution in [2.45, 2.75) is 39.0 Å². The standard InChI is InChI=1S/C12H22N4/c1-10-4-3-5-12(6-10,8-13)7-11-14-9-15-16(11)2/h9-10H,3-8,13H2,1-2H3. The van der Waals surface area contributed by atoms with Crippen molar-refractivity contribution in [1.82, 2.24) is 14.8 Å². The molecule has 2 atom stereocenters. The van der Waals surface area contributed by atoms with E-state index in [2.05, 4.69) is 17.0 Å².